The van der Waals surface area contributed by atoms with E-state index in [1.54, 1.807) is 24.5 Å². The minimum Gasteiger partial charge on any atom is -0.494 e. The average Bonchev–Trinajstić information content (AvgIpc) is 2.71. The van der Waals surface area contributed by atoms with Crippen LogP contribution in [0.1, 0.15) is 35.3 Å². The second kappa shape index (κ2) is 13.8. The molecular weight excluding hydrogens is 481 g/mol. The summed E-state index contributed by atoms with van der Waals surface area (Å²) in [7, 11) is 0. The highest BCUT2D eigenvalue weighted by atomic mass is 127. The van der Waals surface area contributed by atoms with Crippen LogP contribution in [0.3, 0.4) is 0 Å². The molecule has 1 heterocycles. The molecule has 0 fully saturated rings. The summed E-state index contributed by atoms with van der Waals surface area (Å²) in [6, 6.07) is 9.61. The Morgan fingerprint density at radius 1 is 1.14 bits per heavy atom. The van der Waals surface area contributed by atoms with Crippen LogP contribution in [0.25, 0.3) is 0 Å². The number of ether oxygens (including phenoxy) is 1. The minimum atomic E-state index is -0.141. The topological polar surface area (TPSA) is 87.6 Å². The van der Waals surface area contributed by atoms with Crippen LogP contribution in [0.15, 0.2) is 47.7 Å². The third kappa shape index (κ3) is 8.68. The van der Waals surface area contributed by atoms with Gasteiger partial charge in [0.25, 0.3) is 5.91 Å². The number of hydrogen-bond acceptors (Lipinski definition) is 4. The van der Waals surface area contributed by atoms with Gasteiger partial charge in [0.2, 0.25) is 0 Å². The van der Waals surface area contributed by atoms with Gasteiger partial charge in [-0.2, -0.15) is 0 Å². The Morgan fingerprint density at radius 3 is 2.62 bits per heavy atom. The lowest BCUT2D eigenvalue weighted by atomic mass is 10.1. The molecule has 0 saturated heterocycles. The molecule has 1 amide bonds. The van der Waals surface area contributed by atoms with Gasteiger partial charge >= 0.3 is 0 Å². The largest absolute Gasteiger partial charge is 0.494 e. The van der Waals surface area contributed by atoms with E-state index in [9.17, 15) is 4.79 Å². The number of nitrogens with one attached hydrogen (secondary N) is 3. The van der Waals surface area contributed by atoms with Crippen molar-refractivity contribution >= 4 is 35.8 Å². The van der Waals surface area contributed by atoms with Gasteiger partial charge in [-0.1, -0.05) is 12.1 Å². The van der Waals surface area contributed by atoms with E-state index in [0.29, 0.717) is 37.8 Å². The zero-order valence-electron chi connectivity index (χ0n) is 17.2. The van der Waals surface area contributed by atoms with Crippen molar-refractivity contribution in [1.82, 2.24) is 20.9 Å². The van der Waals surface area contributed by atoms with Crippen LogP contribution < -0.4 is 20.7 Å². The fourth-order valence-corrected chi connectivity index (χ4v) is 2.54. The summed E-state index contributed by atoms with van der Waals surface area (Å²) >= 11 is 0. The molecule has 0 radical (unpaired) electrons. The lowest BCUT2D eigenvalue weighted by Gasteiger charge is -2.13. The first kappa shape index (κ1) is 24.7. The number of aryl methyl sites for hydroxylation is 1. The molecule has 29 heavy (non-hydrogen) atoms. The van der Waals surface area contributed by atoms with Gasteiger partial charge < -0.3 is 20.7 Å². The molecule has 2 aromatic rings. The Morgan fingerprint density at radius 2 is 1.93 bits per heavy atom. The number of pyridine rings is 1. The molecular formula is C21H30IN5O2. The van der Waals surface area contributed by atoms with Gasteiger partial charge in [-0.15, -0.1) is 24.0 Å². The predicted molar refractivity (Wildman–Crippen MR) is 127 cm³/mol. The third-order valence-corrected chi connectivity index (χ3v) is 3.90. The molecule has 0 atom stereocenters. The van der Waals surface area contributed by atoms with Crippen molar-refractivity contribution in [2.45, 2.75) is 27.3 Å². The second-order valence-electron chi connectivity index (χ2n) is 6.16. The Balaban J connectivity index is 0.00000420. The lowest BCUT2D eigenvalue weighted by molar-refractivity contribution is 0.0954. The summed E-state index contributed by atoms with van der Waals surface area (Å²) in [5, 5.41) is 9.30. The first-order chi connectivity index (χ1) is 13.6. The summed E-state index contributed by atoms with van der Waals surface area (Å²) < 4.78 is 5.71. The third-order valence-electron chi connectivity index (χ3n) is 3.90. The lowest BCUT2D eigenvalue weighted by Crippen LogP contribution is -2.41. The first-order valence-corrected chi connectivity index (χ1v) is 9.56. The van der Waals surface area contributed by atoms with E-state index < -0.39 is 0 Å². The van der Waals surface area contributed by atoms with E-state index in [-0.39, 0.29) is 29.9 Å². The van der Waals surface area contributed by atoms with Crippen molar-refractivity contribution in [3.05, 3.63) is 59.4 Å². The molecule has 3 N–H and O–H groups in total. The van der Waals surface area contributed by atoms with Gasteiger partial charge in [-0.05, 0) is 44.5 Å². The van der Waals surface area contributed by atoms with Gasteiger partial charge in [0.05, 0.1) is 18.7 Å². The maximum atomic E-state index is 12.0. The van der Waals surface area contributed by atoms with Crippen LogP contribution in [0.4, 0.5) is 0 Å². The fourth-order valence-electron chi connectivity index (χ4n) is 2.54. The van der Waals surface area contributed by atoms with Crippen LogP contribution in [0.5, 0.6) is 5.75 Å². The molecule has 158 valence electrons. The molecule has 2 rings (SSSR count). The number of hydrogen-bond donors (Lipinski definition) is 3. The van der Waals surface area contributed by atoms with Crippen molar-refractivity contribution in [2.24, 2.45) is 4.99 Å². The Kier molecular flexibility index (Phi) is 11.7. The zero-order valence-corrected chi connectivity index (χ0v) is 19.5. The summed E-state index contributed by atoms with van der Waals surface area (Å²) in [5.41, 5.74) is 2.74. The SMILES string of the molecule is CCNC(=NCc1ccc(C)cc1OCC)NCCNC(=O)c1cccnc1.I. The van der Waals surface area contributed by atoms with Crippen LogP contribution in [0.2, 0.25) is 0 Å². The van der Waals surface area contributed by atoms with Crippen molar-refractivity contribution in [3.63, 3.8) is 0 Å². The van der Waals surface area contributed by atoms with Crippen LogP contribution in [-0.4, -0.2) is 43.1 Å². The molecule has 0 aliphatic carbocycles. The van der Waals surface area contributed by atoms with Gasteiger partial charge in [0.1, 0.15) is 5.75 Å². The standard InChI is InChI=1S/C21H29N5O2.HI/c1-4-23-21(25-12-11-24-20(27)18-7-6-10-22-14-18)26-15-17-9-8-16(3)13-19(17)28-5-2;/h6-10,13-14H,4-5,11-12,15H2,1-3H3,(H,24,27)(H2,23,25,26);1H. The molecule has 1 aromatic heterocycles. The molecule has 0 spiro atoms. The van der Waals surface area contributed by atoms with E-state index in [0.717, 1.165) is 23.4 Å². The van der Waals surface area contributed by atoms with Gasteiger partial charge in [0, 0.05) is 37.6 Å². The monoisotopic (exact) mass is 511 g/mol. The number of aromatic nitrogens is 1. The number of benzene rings is 1. The summed E-state index contributed by atoms with van der Waals surface area (Å²) in [6.45, 7) is 8.94. The Bertz CT molecular complexity index is 784. The summed E-state index contributed by atoms with van der Waals surface area (Å²) in [4.78, 5) is 20.6. The number of halogens is 1. The van der Waals surface area contributed by atoms with E-state index in [1.807, 2.05) is 32.9 Å². The van der Waals surface area contributed by atoms with Gasteiger partial charge in [-0.3, -0.25) is 9.78 Å². The van der Waals surface area contributed by atoms with E-state index in [1.165, 1.54) is 0 Å². The molecule has 0 aliphatic rings. The molecule has 0 saturated carbocycles. The molecule has 7 nitrogen and oxygen atoms in total. The predicted octanol–water partition coefficient (Wildman–Crippen LogP) is 2.89. The average molecular weight is 511 g/mol. The normalized spacial score (nSPS) is 10.7. The smallest absolute Gasteiger partial charge is 0.252 e. The number of amides is 1. The van der Waals surface area contributed by atoms with E-state index in [2.05, 4.69) is 32.0 Å². The zero-order chi connectivity index (χ0) is 20.2. The van der Waals surface area contributed by atoms with E-state index >= 15 is 0 Å². The number of aliphatic imine (C=N–C) groups is 1. The van der Waals surface area contributed by atoms with Crippen LogP contribution in [0, 0.1) is 6.92 Å². The van der Waals surface area contributed by atoms with Crippen molar-refractivity contribution in [1.29, 1.82) is 0 Å². The molecule has 0 bridgehead atoms. The Labute approximate surface area is 189 Å². The molecule has 8 heteroatoms. The van der Waals surface area contributed by atoms with E-state index in [4.69, 9.17) is 4.74 Å². The molecule has 0 unspecified atom stereocenters. The highest BCUT2D eigenvalue weighted by molar-refractivity contribution is 14.0. The second-order valence-corrected chi connectivity index (χ2v) is 6.16. The number of carbonyl (C=O) groups excluding carboxylic acids is 1. The minimum absolute atomic E-state index is 0. The number of rotatable bonds is 9. The van der Waals surface area contributed by atoms with Crippen molar-refractivity contribution < 1.29 is 9.53 Å². The molecule has 1 aromatic carbocycles. The highest BCUT2D eigenvalue weighted by Gasteiger charge is 2.06. The number of guanidine groups is 1. The van der Waals surface area contributed by atoms with Crippen molar-refractivity contribution in [2.75, 3.05) is 26.2 Å². The van der Waals surface area contributed by atoms with Crippen molar-refractivity contribution in [3.8, 4) is 5.75 Å². The summed E-state index contributed by atoms with van der Waals surface area (Å²) in [5.74, 6) is 1.42. The Hall–Kier alpha value is -2.36. The van der Waals surface area contributed by atoms with Gasteiger partial charge in [-0.25, -0.2) is 4.99 Å². The van der Waals surface area contributed by atoms with Gasteiger partial charge in [0.15, 0.2) is 5.96 Å². The highest BCUT2D eigenvalue weighted by Crippen LogP contribution is 2.21. The quantitative estimate of drug-likeness (QED) is 0.209. The maximum absolute atomic E-state index is 12.0. The summed E-state index contributed by atoms with van der Waals surface area (Å²) in [6.07, 6.45) is 3.19. The number of nitrogens with zero attached hydrogens (tertiary/aromatic N) is 2. The van der Waals surface area contributed by atoms with Crippen LogP contribution >= 0.6 is 24.0 Å². The fraction of sp³-hybridized carbons (Fsp3) is 0.381. The maximum Gasteiger partial charge on any atom is 0.252 e. The first-order valence-electron chi connectivity index (χ1n) is 9.56. The van der Waals surface area contributed by atoms with Crippen LogP contribution in [-0.2, 0) is 6.54 Å². The number of carbonyl (C=O) groups is 1. The molecule has 0 aliphatic heterocycles.